The van der Waals surface area contributed by atoms with Crippen LogP contribution in [0, 0.1) is 0 Å². The van der Waals surface area contributed by atoms with Crippen LogP contribution in [0.4, 0.5) is 5.69 Å². The second kappa shape index (κ2) is 12.4. The molecule has 0 aliphatic carbocycles. The average Bonchev–Trinajstić information content (AvgIpc) is 3.35. The molecule has 0 spiro atoms. The molecule has 9 heteroatoms. The van der Waals surface area contributed by atoms with Gasteiger partial charge in [0.15, 0.2) is 5.96 Å². The highest BCUT2D eigenvalue weighted by Crippen LogP contribution is 2.20. The summed E-state index contributed by atoms with van der Waals surface area (Å²) in [6.45, 7) is 8.12. The van der Waals surface area contributed by atoms with Crippen LogP contribution in [0.2, 0.25) is 0 Å². The SMILES string of the molecule is CCNC(=NCc1cccc(Cn2cncn2)c1)N1CCN(c2ccc(OC)cc2)CC1.I. The van der Waals surface area contributed by atoms with Crippen molar-refractivity contribution in [2.75, 3.05) is 44.7 Å². The van der Waals surface area contributed by atoms with Crippen molar-refractivity contribution in [3.63, 3.8) is 0 Å². The Morgan fingerprint density at radius 2 is 1.82 bits per heavy atom. The van der Waals surface area contributed by atoms with Gasteiger partial charge in [0, 0.05) is 38.4 Å². The Hall–Kier alpha value is -2.82. The van der Waals surface area contributed by atoms with E-state index < -0.39 is 0 Å². The Balaban J connectivity index is 0.00000306. The maximum atomic E-state index is 5.27. The molecule has 0 saturated carbocycles. The monoisotopic (exact) mass is 561 g/mol. The minimum Gasteiger partial charge on any atom is -0.497 e. The molecule has 8 nitrogen and oxygen atoms in total. The number of benzene rings is 2. The molecule has 2 heterocycles. The third-order valence-electron chi connectivity index (χ3n) is 5.57. The third kappa shape index (κ3) is 6.83. The average molecular weight is 561 g/mol. The maximum Gasteiger partial charge on any atom is 0.194 e. The summed E-state index contributed by atoms with van der Waals surface area (Å²) in [5, 5.41) is 7.65. The highest BCUT2D eigenvalue weighted by molar-refractivity contribution is 14.0. The van der Waals surface area contributed by atoms with E-state index in [9.17, 15) is 0 Å². The molecule has 1 aromatic heterocycles. The van der Waals surface area contributed by atoms with Crippen molar-refractivity contribution in [1.29, 1.82) is 0 Å². The fourth-order valence-electron chi connectivity index (χ4n) is 3.89. The highest BCUT2D eigenvalue weighted by Gasteiger charge is 2.20. The number of rotatable bonds is 7. The van der Waals surface area contributed by atoms with Crippen LogP contribution >= 0.6 is 24.0 Å². The molecule has 3 aromatic rings. The number of nitrogens with zero attached hydrogens (tertiary/aromatic N) is 6. The van der Waals surface area contributed by atoms with Gasteiger partial charge in [-0.1, -0.05) is 24.3 Å². The Bertz CT molecular complexity index is 1000. The van der Waals surface area contributed by atoms with Gasteiger partial charge in [-0.15, -0.1) is 24.0 Å². The first-order valence-electron chi connectivity index (χ1n) is 11.1. The van der Waals surface area contributed by atoms with Crippen molar-refractivity contribution >= 4 is 35.6 Å². The molecule has 0 radical (unpaired) electrons. The van der Waals surface area contributed by atoms with Gasteiger partial charge in [-0.05, 0) is 42.3 Å². The first-order chi connectivity index (χ1) is 15.7. The van der Waals surface area contributed by atoms with Gasteiger partial charge in [0.25, 0.3) is 0 Å². The molecule has 1 saturated heterocycles. The van der Waals surface area contributed by atoms with Crippen LogP contribution in [0.3, 0.4) is 0 Å². The summed E-state index contributed by atoms with van der Waals surface area (Å²) in [6, 6.07) is 16.8. The van der Waals surface area contributed by atoms with Gasteiger partial charge in [-0.25, -0.2) is 14.7 Å². The van der Waals surface area contributed by atoms with E-state index in [0.717, 1.165) is 44.4 Å². The molecular formula is C24H32IN7O. The van der Waals surface area contributed by atoms with E-state index in [4.69, 9.17) is 9.73 Å². The van der Waals surface area contributed by atoms with E-state index in [1.54, 1.807) is 19.8 Å². The van der Waals surface area contributed by atoms with Crippen LogP contribution in [-0.2, 0) is 13.1 Å². The van der Waals surface area contributed by atoms with Crippen LogP contribution in [-0.4, -0.2) is 65.5 Å². The molecule has 176 valence electrons. The van der Waals surface area contributed by atoms with Crippen LogP contribution in [0.25, 0.3) is 0 Å². The number of methoxy groups -OCH3 is 1. The van der Waals surface area contributed by atoms with Gasteiger partial charge in [-0.3, -0.25) is 0 Å². The predicted octanol–water partition coefficient (Wildman–Crippen LogP) is 3.24. The molecule has 1 aliphatic heterocycles. The van der Waals surface area contributed by atoms with Gasteiger partial charge in [0.05, 0.1) is 20.2 Å². The van der Waals surface area contributed by atoms with Crippen LogP contribution in [0.15, 0.2) is 66.2 Å². The minimum absolute atomic E-state index is 0. The molecule has 2 aromatic carbocycles. The Morgan fingerprint density at radius 1 is 1.06 bits per heavy atom. The zero-order chi connectivity index (χ0) is 22.2. The van der Waals surface area contributed by atoms with Gasteiger partial charge >= 0.3 is 0 Å². The van der Waals surface area contributed by atoms with E-state index in [1.807, 2.05) is 16.8 Å². The summed E-state index contributed by atoms with van der Waals surface area (Å²) >= 11 is 0. The van der Waals surface area contributed by atoms with Crippen molar-refractivity contribution in [3.05, 3.63) is 72.3 Å². The van der Waals surface area contributed by atoms with Crippen LogP contribution in [0.1, 0.15) is 18.1 Å². The lowest BCUT2D eigenvalue weighted by molar-refractivity contribution is 0.372. The number of halogens is 1. The number of hydrogen-bond acceptors (Lipinski definition) is 5. The lowest BCUT2D eigenvalue weighted by Crippen LogP contribution is -2.52. The number of ether oxygens (including phenoxy) is 1. The molecule has 4 rings (SSSR count). The minimum atomic E-state index is 0. The van der Waals surface area contributed by atoms with E-state index in [1.165, 1.54) is 16.8 Å². The molecule has 0 bridgehead atoms. The van der Waals surface area contributed by atoms with Crippen molar-refractivity contribution < 1.29 is 4.74 Å². The lowest BCUT2D eigenvalue weighted by Gasteiger charge is -2.37. The number of aliphatic imine (C=N–C) groups is 1. The maximum absolute atomic E-state index is 5.27. The van der Waals surface area contributed by atoms with Crippen molar-refractivity contribution in [2.45, 2.75) is 20.0 Å². The smallest absolute Gasteiger partial charge is 0.194 e. The summed E-state index contributed by atoms with van der Waals surface area (Å²) in [4.78, 5) is 13.7. The summed E-state index contributed by atoms with van der Waals surface area (Å²) in [5.74, 6) is 1.86. The lowest BCUT2D eigenvalue weighted by atomic mass is 10.1. The Labute approximate surface area is 212 Å². The Kier molecular flexibility index (Phi) is 9.35. The molecule has 33 heavy (non-hydrogen) atoms. The van der Waals surface area contributed by atoms with Gasteiger partial charge in [0.2, 0.25) is 0 Å². The standard InChI is InChI=1S/C24H31N7O.HI/c1-3-26-24(27-16-20-5-4-6-21(15-20)17-31-19-25-18-28-31)30-13-11-29(12-14-30)22-7-9-23(32-2)10-8-22;/h4-10,15,18-19H,3,11-14,16-17H2,1-2H3,(H,26,27);1H. The highest BCUT2D eigenvalue weighted by atomic mass is 127. The second-order valence-corrected chi connectivity index (χ2v) is 7.76. The number of guanidine groups is 1. The van der Waals surface area contributed by atoms with Crippen molar-refractivity contribution in [2.24, 2.45) is 4.99 Å². The van der Waals surface area contributed by atoms with E-state index >= 15 is 0 Å². The number of aromatic nitrogens is 3. The van der Waals surface area contributed by atoms with Crippen molar-refractivity contribution in [3.8, 4) is 5.75 Å². The zero-order valence-electron chi connectivity index (χ0n) is 19.2. The molecule has 0 amide bonds. The fourth-order valence-corrected chi connectivity index (χ4v) is 3.89. The largest absolute Gasteiger partial charge is 0.497 e. The normalized spacial score (nSPS) is 14.1. The molecular weight excluding hydrogens is 529 g/mol. The first-order valence-corrected chi connectivity index (χ1v) is 11.1. The fraction of sp³-hybridized carbons (Fsp3) is 0.375. The number of hydrogen-bond donors (Lipinski definition) is 1. The molecule has 0 unspecified atom stereocenters. The number of piperazine rings is 1. The summed E-state index contributed by atoms with van der Waals surface area (Å²) < 4.78 is 7.10. The Morgan fingerprint density at radius 3 is 2.48 bits per heavy atom. The number of anilines is 1. The van der Waals surface area contributed by atoms with Gasteiger partial charge < -0.3 is 19.9 Å². The summed E-state index contributed by atoms with van der Waals surface area (Å²) in [5.41, 5.74) is 3.62. The van der Waals surface area contributed by atoms with Gasteiger partial charge in [-0.2, -0.15) is 5.10 Å². The topological polar surface area (TPSA) is 70.8 Å². The van der Waals surface area contributed by atoms with E-state index in [2.05, 4.69) is 68.5 Å². The quantitative estimate of drug-likeness (QED) is 0.272. The molecule has 1 aliphatic rings. The van der Waals surface area contributed by atoms with E-state index in [0.29, 0.717) is 13.1 Å². The summed E-state index contributed by atoms with van der Waals surface area (Å²) in [6.07, 6.45) is 3.30. The predicted molar refractivity (Wildman–Crippen MR) is 143 cm³/mol. The first kappa shape index (κ1) is 24.8. The molecule has 1 fully saturated rings. The summed E-state index contributed by atoms with van der Waals surface area (Å²) in [7, 11) is 1.70. The zero-order valence-corrected chi connectivity index (χ0v) is 21.6. The second-order valence-electron chi connectivity index (χ2n) is 7.76. The molecule has 0 atom stereocenters. The van der Waals surface area contributed by atoms with Crippen molar-refractivity contribution in [1.82, 2.24) is 25.0 Å². The van der Waals surface area contributed by atoms with Crippen LogP contribution in [0.5, 0.6) is 5.75 Å². The molecule has 1 N–H and O–H groups in total. The van der Waals surface area contributed by atoms with Gasteiger partial charge in [0.1, 0.15) is 18.4 Å². The third-order valence-corrected chi connectivity index (χ3v) is 5.57. The number of nitrogens with one attached hydrogen (secondary N) is 1. The van der Waals surface area contributed by atoms with Crippen LogP contribution < -0.4 is 15.0 Å². The van der Waals surface area contributed by atoms with E-state index in [-0.39, 0.29) is 24.0 Å².